The highest BCUT2D eigenvalue weighted by Crippen LogP contribution is 2.44. The third-order valence-corrected chi connectivity index (χ3v) is 6.02. The molecule has 1 heterocycles. The summed E-state index contributed by atoms with van der Waals surface area (Å²) < 4.78 is 88.2. The molecule has 0 aromatic carbocycles. The van der Waals surface area contributed by atoms with Crippen LogP contribution in [0.5, 0.6) is 0 Å². The van der Waals surface area contributed by atoms with Crippen LogP contribution in [0.3, 0.4) is 0 Å². The van der Waals surface area contributed by atoms with Crippen molar-refractivity contribution in [1.82, 2.24) is 4.31 Å². The molecule has 0 radical (unpaired) electrons. The van der Waals surface area contributed by atoms with Crippen molar-refractivity contribution < 1.29 is 40.3 Å². The molecule has 128 valence electrons. The third kappa shape index (κ3) is 3.50. The fourth-order valence-electron chi connectivity index (χ4n) is 2.88. The molecule has 2 rings (SSSR count). The topological polar surface area (TPSA) is 74.7 Å². The quantitative estimate of drug-likeness (QED) is 0.780. The number of alkyl halides is 5. The summed E-state index contributed by atoms with van der Waals surface area (Å²) in [5.41, 5.74) is 0. The number of rotatable bonds is 4. The van der Waals surface area contributed by atoms with E-state index in [9.17, 15) is 35.2 Å². The highest BCUT2D eigenvalue weighted by molar-refractivity contribution is 7.89. The number of carboxylic acid groups (broad SMARTS) is 1. The minimum absolute atomic E-state index is 0.459. The van der Waals surface area contributed by atoms with E-state index in [-0.39, 0.29) is 0 Å². The fourth-order valence-corrected chi connectivity index (χ4v) is 4.70. The first kappa shape index (κ1) is 17.4. The van der Waals surface area contributed by atoms with E-state index in [2.05, 4.69) is 0 Å². The fraction of sp³-hybridized carbons (Fsp3) is 0.909. The molecule has 2 fully saturated rings. The van der Waals surface area contributed by atoms with Crippen molar-refractivity contribution in [1.29, 1.82) is 0 Å². The van der Waals surface area contributed by atoms with Crippen LogP contribution in [0.15, 0.2) is 0 Å². The van der Waals surface area contributed by atoms with Gasteiger partial charge in [-0.3, -0.25) is 4.79 Å². The molecule has 0 spiro atoms. The lowest BCUT2D eigenvalue weighted by molar-refractivity contribution is -0.187. The highest BCUT2D eigenvalue weighted by atomic mass is 32.2. The van der Waals surface area contributed by atoms with E-state index in [0.717, 1.165) is 0 Å². The Morgan fingerprint density at radius 2 is 1.77 bits per heavy atom. The lowest BCUT2D eigenvalue weighted by atomic mass is 9.83. The molecule has 1 aliphatic carbocycles. The largest absolute Gasteiger partial charge is 0.481 e. The van der Waals surface area contributed by atoms with Crippen molar-refractivity contribution in [2.24, 2.45) is 17.8 Å². The Morgan fingerprint density at radius 3 is 2.14 bits per heavy atom. The zero-order chi connectivity index (χ0) is 16.9. The summed E-state index contributed by atoms with van der Waals surface area (Å²) in [5.74, 6) is -10.3. The Hall–Kier alpha value is -0.970. The molecule has 1 saturated carbocycles. The van der Waals surface area contributed by atoms with E-state index in [1.54, 1.807) is 0 Å². The van der Waals surface area contributed by atoms with E-state index in [1.165, 1.54) is 0 Å². The molecule has 2 aliphatic rings. The van der Waals surface area contributed by atoms with Gasteiger partial charge in [0.15, 0.2) is 0 Å². The Labute approximate surface area is 123 Å². The second-order valence-electron chi connectivity index (χ2n) is 5.82. The van der Waals surface area contributed by atoms with Crippen LogP contribution in [0.2, 0.25) is 0 Å². The monoisotopic (exact) mass is 351 g/mol. The zero-order valence-corrected chi connectivity index (χ0v) is 12.0. The number of hydrogen-bond donors (Lipinski definition) is 1. The minimum atomic E-state index is -4.84. The number of carbonyl (C=O) groups is 1. The van der Waals surface area contributed by atoms with Crippen molar-refractivity contribution in [2.45, 2.75) is 24.9 Å². The number of sulfonamides is 1. The summed E-state index contributed by atoms with van der Waals surface area (Å²) in [6.45, 7) is -1.77. The number of nitrogens with zero attached hydrogens (tertiary/aromatic N) is 1. The van der Waals surface area contributed by atoms with Crippen LogP contribution in [0, 0.1) is 17.8 Å². The Balaban J connectivity index is 2.08. The third-order valence-electron chi connectivity index (χ3n) is 4.04. The predicted molar refractivity (Wildman–Crippen MR) is 63.7 cm³/mol. The van der Waals surface area contributed by atoms with Gasteiger partial charge in [0, 0.05) is 25.9 Å². The first-order valence-electron chi connectivity index (χ1n) is 6.47. The number of hydrogen-bond acceptors (Lipinski definition) is 3. The second-order valence-corrected chi connectivity index (χ2v) is 7.83. The normalized spacial score (nSPS) is 30.2. The van der Waals surface area contributed by atoms with Crippen LogP contribution in [0.25, 0.3) is 0 Å². The lowest BCUT2D eigenvalue weighted by Gasteiger charge is -2.35. The Kier molecular flexibility index (Phi) is 4.18. The molecule has 1 N–H and O–H groups in total. The van der Waals surface area contributed by atoms with Crippen LogP contribution in [-0.2, 0) is 14.8 Å². The van der Waals surface area contributed by atoms with Gasteiger partial charge in [0.1, 0.15) is 0 Å². The summed E-state index contributed by atoms with van der Waals surface area (Å²) in [7, 11) is -4.19. The van der Waals surface area contributed by atoms with Crippen LogP contribution in [0.4, 0.5) is 22.0 Å². The second kappa shape index (κ2) is 5.29. The van der Waals surface area contributed by atoms with E-state index in [4.69, 9.17) is 5.11 Å². The smallest absolute Gasteiger partial charge is 0.393 e. The SMILES string of the molecule is O=C(O)[C@@H]1CN(S(=O)(=O)CC2CC(F)(F)C2)C[C@H]1C(F)(F)F. The lowest BCUT2D eigenvalue weighted by Crippen LogP contribution is -2.43. The summed E-state index contributed by atoms with van der Waals surface area (Å²) in [6, 6.07) is 0. The molecule has 11 heteroatoms. The van der Waals surface area contributed by atoms with Gasteiger partial charge in [0.2, 0.25) is 15.9 Å². The molecule has 22 heavy (non-hydrogen) atoms. The summed E-state index contributed by atoms with van der Waals surface area (Å²) in [4.78, 5) is 10.9. The van der Waals surface area contributed by atoms with Gasteiger partial charge in [-0.1, -0.05) is 0 Å². The molecule has 5 nitrogen and oxygen atoms in total. The van der Waals surface area contributed by atoms with Crippen molar-refractivity contribution in [3.63, 3.8) is 0 Å². The van der Waals surface area contributed by atoms with E-state index >= 15 is 0 Å². The van der Waals surface area contributed by atoms with Gasteiger partial charge in [0.05, 0.1) is 17.6 Å². The summed E-state index contributed by atoms with van der Waals surface area (Å²) in [5, 5.41) is 8.82. The summed E-state index contributed by atoms with van der Waals surface area (Å²) in [6.07, 6.45) is -6.08. The highest BCUT2D eigenvalue weighted by Gasteiger charge is 2.55. The molecule has 0 aromatic heterocycles. The van der Waals surface area contributed by atoms with Gasteiger partial charge >= 0.3 is 12.1 Å². The van der Waals surface area contributed by atoms with E-state index in [1.807, 2.05) is 0 Å². The van der Waals surface area contributed by atoms with Crippen molar-refractivity contribution in [3.05, 3.63) is 0 Å². The number of halogens is 5. The van der Waals surface area contributed by atoms with Crippen LogP contribution < -0.4 is 0 Å². The van der Waals surface area contributed by atoms with Crippen molar-refractivity contribution in [3.8, 4) is 0 Å². The maximum Gasteiger partial charge on any atom is 0.393 e. The van der Waals surface area contributed by atoms with Crippen LogP contribution in [0.1, 0.15) is 12.8 Å². The first-order chi connectivity index (χ1) is 9.82. The molecule has 2 atom stereocenters. The van der Waals surface area contributed by atoms with Gasteiger partial charge in [-0.05, 0) is 5.92 Å². The van der Waals surface area contributed by atoms with Crippen LogP contribution in [-0.4, -0.2) is 54.7 Å². The maximum absolute atomic E-state index is 12.8. The molecule has 1 saturated heterocycles. The average Bonchev–Trinajstić information content (AvgIpc) is 2.70. The van der Waals surface area contributed by atoms with Gasteiger partial charge in [-0.15, -0.1) is 0 Å². The molecule has 0 unspecified atom stereocenters. The molecule has 0 amide bonds. The van der Waals surface area contributed by atoms with Crippen molar-refractivity contribution >= 4 is 16.0 Å². The number of aliphatic carboxylic acids is 1. The average molecular weight is 351 g/mol. The van der Waals surface area contributed by atoms with E-state index < -0.39 is 77.5 Å². The van der Waals surface area contributed by atoms with Gasteiger partial charge < -0.3 is 5.11 Å². The van der Waals surface area contributed by atoms with E-state index in [0.29, 0.717) is 4.31 Å². The maximum atomic E-state index is 12.8. The molecular formula is C11H14F5NO4S. The standard InChI is InChI=1S/C11H14F5NO4S/c12-10(13)1-6(2-10)5-22(20,21)17-3-7(9(18)19)8(4-17)11(14,15)16/h6-8H,1-5H2,(H,18,19)/t7-,8-/m1/s1. The first-order valence-corrected chi connectivity index (χ1v) is 8.08. The van der Waals surface area contributed by atoms with Gasteiger partial charge in [-0.2, -0.15) is 13.2 Å². The zero-order valence-electron chi connectivity index (χ0n) is 11.2. The number of carboxylic acids is 1. The van der Waals surface area contributed by atoms with Gasteiger partial charge in [0.25, 0.3) is 0 Å². The Morgan fingerprint density at radius 1 is 1.23 bits per heavy atom. The molecule has 0 bridgehead atoms. The molecule has 1 aliphatic heterocycles. The Bertz CT molecular complexity index is 553. The van der Waals surface area contributed by atoms with Crippen LogP contribution >= 0.6 is 0 Å². The summed E-state index contributed by atoms with van der Waals surface area (Å²) >= 11 is 0. The molecule has 0 aromatic rings. The van der Waals surface area contributed by atoms with Gasteiger partial charge in [-0.25, -0.2) is 21.5 Å². The minimum Gasteiger partial charge on any atom is -0.481 e. The molecular weight excluding hydrogens is 337 g/mol. The van der Waals surface area contributed by atoms with Crippen molar-refractivity contribution in [2.75, 3.05) is 18.8 Å². The predicted octanol–water partition coefficient (Wildman–Crippen LogP) is 1.56.